The minimum atomic E-state index is 0.766. The molecule has 0 aliphatic carbocycles. The van der Waals surface area contributed by atoms with Crippen molar-refractivity contribution in [3.63, 3.8) is 0 Å². The molecule has 1 nitrogen and oxygen atoms in total. The largest absolute Gasteiger partial charge is 0.312 e. The van der Waals surface area contributed by atoms with Crippen molar-refractivity contribution in [1.29, 1.82) is 0 Å². The van der Waals surface area contributed by atoms with Gasteiger partial charge in [-0.25, -0.2) is 0 Å². The van der Waals surface area contributed by atoms with E-state index in [-0.39, 0.29) is 0 Å². The van der Waals surface area contributed by atoms with Crippen LogP contribution in [-0.2, 0) is 6.54 Å². The smallest absolute Gasteiger partial charge is 0.0843 e. The topological polar surface area (TPSA) is 12.0 Å². The molecule has 14 heavy (non-hydrogen) atoms. The van der Waals surface area contributed by atoms with Crippen molar-refractivity contribution in [3.8, 4) is 0 Å². The molecule has 1 N–H and O–H groups in total. The van der Waals surface area contributed by atoms with Crippen LogP contribution in [0.15, 0.2) is 14.3 Å². The van der Waals surface area contributed by atoms with Crippen LogP contribution in [0, 0.1) is 5.92 Å². The van der Waals surface area contributed by atoms with Gasteiger partial charge in [-0.1, -0.05) is 20.3 Å². The summed E-state index contributed by atoms with van der Waals surface area (Å²) in [5.74, 6) is 0.766. The van der Waals surface area contributed by atoms with Crippen LogP contribution >= 0.6 is 43.2 Å². The second-order valence-corrected chi connectivity index (χ2v) is 6.79. The minimum Gasteiger partial charge on any atom is -0.312 e. The number of hydrogen-bond acceptors (Lipinski definition) is 2. The summed E-state index contributed by atoms with van der Waals surface area (Å²) >= 11 is 8.76. The second-order valence-electron chi connectivity index (χ2n) is 3.48. The maximum absolute atomic E-state index is 3.49. The molecule has 0 fully saturated rings. The van der Waals surface area contributed by atoms with Gasteiger partial charge in [-0.2, -0.15) is 0 Å². The van der Waals surface area contributed by atoms with E-state index in [1.165, 1.54) is 15.1 Å². The van der Waals surface area contributed by atoms with Crippen LogP contribution in [0.3, 0.4) is 0 Å². The highest BCUT2D eigenvalue weighted by Crippen LogP contribution is 2.32. The zero-order valence-electron chi connectivity index (χ0n) is 8.44. The number of halogens is 2. The Labute approximate surface area is 107 Å². The number of hydrogen-bond donors (Lipinski definition) is 1. The summed E-state index contributed by atoms with van der Waals surface area (Å²) < 4.78 is 2.33. The van der Waals surface area contributed by atoms with E-state index in [0.29, 0.717) is 0 Å². The van der Waals surface area contributed by atoms with Gasteiger partial charge in [-0.15, -0.1) is 11.3 Å². The summed E-state index contributed by atoms with van der Waals surface area (Å²) in [6.07, 6.45) is 1.24. The zero-order chi connectivity index (χ0) is 10.6. The fourth-order valence-corrected chi connectivity index (χ4v) is 3.21. The predicted octanol–water partition coefficient (Wildman–Crippen LogP) is 4.41. The summed E-state index contributed by atoms with van der Waals surface area (Å²) in [7, 11) is 0. The van der Waals surface area contributed by atoms with Gasteiger partial charge in [0.05, 0.1) is 3.79 Å². The fraction of sp³-hybridized carbons (Fsp3) is 0.600. The van der Waals surface area contributed by atoms with Crippen molar-refractivity contribution < 1.29 is 0 Å². The summed E-state index contributed by atoms with van der Waals surface area (Å²) in [5, 5.41) is 3.46. The molecule has 0 radical (unpaired) electrons. The summed E-state index contributed by atoms with van der Waals surface area (Å²) in [6.45, 7) is 6.57. The van der Waals surface area contributed by atoms with Crippen LogP contribution in [0.25, 0.3) is 0 Å². The van der Waals surface area contributed by atoms with Crippen LogP contribution in [0.1, 0.15) is 25.1 Å². The highest BCUT2D eigenvalue weighted by molar-refractivity contribution is 9.13. The van der Waals surface area contributed by atoms with Crippen molar-refractivity contribution >= 4 is 43.2 Å². The van der Waals surface area contributed by atoms with Gasteiger partial charge in [0.25, 0.3) is 0 Å². The van der Waals surface area contributed by atoms with Crippen molar-refractivity contribution in [3.05, 3.63) is 19.2 Å². The van der Waals surface area contributed by atoms with E-state index in [1.807, 2.05) is 0 Å². The molecule has 1 unspecified atom stereocenters. The molecule has 1 aromatic heterocycles. The van der Waals surface area contributed by atoms with Crippen LogP contribution in [0.5, 0.6) is 0 Å². The van der Waals surface area contributed by atoms with Gasteiger partial charge >= 0.3 is 0 Å². The van der Waals surface area contributed by atoms with E-state index in [2.05, 4.69) is 57.1 Å². The van der Waals surface area contributed by atoms with E-state index >= 15 is 0 Å². The highest BCUT2D eigenvalue weighted by atomic mass is 79.9. The second kappa shape index (κ2) is 6.26. The SMILES string of the molecule is CCC(C)CNCc1cc(Br)c(Br)s1. The third-order valence-electron chi connectivity index (χ3n) is 2.19. The standard InChI is InChI=1S/C10H15Br2NS/c1-3-7(2)5-13-6-8-4-9(11)10(12)14-8/h4,7,13H,3,5-6H2,1-2H3. The molecule has 0 aliphatic heterocycles. The van der Waals surface area contributed by atoms with Gasteiger partial charge in [0.1, 0.15) is 0 Å². The average Bonchev–Trinajstić information content (AvgIpc) is 2.46. The summed E-state index contributed by atoms with van der Waals surface area (Å²) in [6, 6.07) is 2.17. The average molecular weight is 341 g/mol. The minimum absolute atomic E-state index is 0.766. The molecule has 0 saturated heterocycles. The molecule has 1 atom stereocenters. The molecule has 1 heterocycles. The van der Waals surface area contributed by atoms with Crippen LogP contribution < -0.4 is 5.32 Å². The van der Waals surface area contributed by atoms with Gasteiger partial charge in [0.2, 0.25) is 0 Å². The third-order valence-corrected chi connectivity index (χ3v) is 5.44. The van der Waals surface area contributed by atoms with E-state index in [4.69, 9.17) is 0 Å². The van der Waals surface area contributed by atoms with Crippen LogP contribution in [0.4, 0.5) is 0 Å². The molecular weight excluding hydrogens is 326 g/mol. The maximum Gasteiger partial charge on any atom is 0.0843 e. The predicted molar refractivity (Wildman–Crippen MR) is 70.9 cm³/mol. The molecule has 0 bridgehead atoms. The Morgan fingerprint density at radius 2 is 2.21 bits per heavy atom. The Balaban J connectivity index is 2.31. The Bertz CT molecular complexity index is 266. The van der Waals surface area contributed by atoms with Crippen molar-refractivity contribution in [2.75, 3.05) is 6.54 Å². The van der Waals surface area contributed by atoms with Crippen molar-refractivity contribution in [2.24, 2.45) is 5.92 Å². The van der Waals surface area contributed by atoms with Gasteiger partial charge in [-0.3, -0.25) is 0 Å². The van der Waals surface area contributed by atoms with Crippen LogP contribution in [0.2, 0.25) is 0 Å². The number of rotatable bonds is 5. The molecule has 0 saturated carbocycles. The van der Waals surface area contributed by atoms with E-state index in [0.717, 1.165) is 23.5 Å². The lowest BCUT2D eigenvalue weighted by Crippen LogP contribution is -2.19. The van der Waals surface area contributed by atoms with Crippen molar-refractivity contribution in [1.82, 2.24) is 5.32 Å². The molecular formula is C10H15Br2NS. The quantitative estimate of drug-likeness (QED) is 0.837. The Kier molecular flexibility index (Phi) is 5.67. The first-order valence-corrected chi connectivity index (χ1v) is 7.18. The van der Waals surface area contributed by atoms with E-state index < -0.39 is 0 Å². The molecule has 1 rings (SSSR count). The molecule has 80 valence electrons. The molecule has 0 aliphatic rings. The maximum atomic E-state index is 3.49. The van der Waals surface area contributed by atoms with Gasteiger partial charge in [-0.05, 0) is 50.4 Å². The molecule has 0 spiro atoms. The van der Waals surface area contributed by atoms with Gasteiger partial charge in [0, 0.05) is 15.9 Å². The van der Waals surface area contributed by atoms with Gasteiger partial charge < -0.3 is 5.32 Å². The summed E-state index contributed by atoms with van der Waals surface area (Å²) in [4.78, 5) is 1.37. The molecule has 0 amide bonds. The lowest BCUT2D eigenvalue weighted by atomic mass is 10.1. The lowest BCUT2D eigenvalue weighted by molar-refractivity contribution is 0.501. The zero-order valence-corrected chi connectivity index (χ0v) is 12.4. The Hall–Kier alpha value is 0.620. The normalized spacial score (nSPS) is 13.1. The monoisotopic (exact) mass is 339 g/mol. The van der Waals surface area contributed by atoms with Gasteiger partial charge in [0.15, 0.2) is 0 Å². The fourth-order valence-electron chi connectivity index (χ4n) is 1.06. The highest BCUT2D eigenvalue weighted by Gasteiger charge is 2.04. The first kappa shape index (κ1) is 12.7. The number of nitrogens with one attached hydrogen (secondary N) is 1. The first-order chi connectivity index (χ1) is 6.63. The summed E-state index contributed by atoms with van der Waals surface area (Å²) in [5.41, 5.74) is 0. The molecule has 1 aromatic rings. The Morgan fingerprint density at radius 1 is 1.50 bits per heavy atom. The third kappa shape index (κ3) is 4.01. The van der Waals surface area contributed by atoms with Crippen LogP contribution in [-0.4, -0.2) is 6.54 Å². The Morgan fingerprint density at radius 3 is 2.71 bits per heavy atom. The van der Waals surface area contributed by atoms with E-state index in [9.17, 15) is 0 Å². The molecule has 4 heteroatoms. The molecule has 0 aromatic carbocycles. The number of thiophene rings is 1. The first-order valence-electron chi connectivity index (χ1n) is 4.78. The van der Waals surface area contributed by atoms with Crippen molar-refractivity contribution in [2.45, 2.75) is 26.8 Å². The van der Waals surface area contributed by atoms with E-state index in [1.54, 1.807) is 11.3 Å². The lowest BCUT2D eigenvalue weighted by Gasteiger charge is -2.08.